The Kier molecular flexibility index (Phi) is 7.95. The lowest BCUT2D eigenvalue weighted by Crippen LogP contribution is -2.48. The number of likely N-dealkylation sites (N-methyl/N-ethyl adjacent to an activating group) is 1. The summed E-state index contributed by atoms with van der Waals surface area (Å²) in [4.78, 5) is 26.3. The van der Waals surface area contributed by atoms with E-state index in [1.54, 1.807) is 37.3 Å². The molecule has 0 aliphatic carbocycles. The van der Waals surface area contributed by atoms with E-state index in [9.17, 15) is 9.59 Å². The number of halogens is 3. The number of amides is 2. The second-order valence-corrected chi connectivity index (χ2v) is 7.50. The van der Waals surface area contributed by atoms with Crippen LogP contribution < -0.4 is 10.1 Å². The third-order valence-corrected chi connectivity index (χ3v) is 5.11. The molecule has 0 aliphatic rings. The third kappa shape index (κ3) is 5.86. The Morgan fingerprint density at radius 3 is 2.52 bits per heavy atom. The van der Waals surface area contributed by atoms with Crippen LogP contribution in [-0.4, -0.2) is 36.4 Å². The molecule has 0 fully saturated rings. The summed E-state index contributed by atoms with van der Waals surface area (Å²) in [6.45, 7) is 1.58. The van der Waals surface area contributed by atoms with Gasteiger partial charge in [0.1, 0.15) is 11.8 Å². The minimum Gasteiger partial charge on any atom is -0.482 e. The standard InChI is InChI=1S/C19H19BrCl2N2O3/c1-12(19(26)23-2)24(10-13-5-3-4-6-15(13)21)18(25)11-27-17-8-7-14(20)9-16(17)22/h3-9,12H,10-11H2,1-2H3,(H,23,26). The summed E-state index contributed by atoms with van der Waals surface area (Å²) in [6, 6.07) is 11.6. The summed E-state index contributed by atoms with van der Waals surface area (Å²) >= 11 is 15.6. The molecule has 0 aromatic heterocycles. The first-order valence-corrected chi connectivity index (χ1v) is 9.70. The summed E-state index contributed by atoms with van der Waals surface area (Å²) in [5.41, 5.74) is 0.741. The second kappa shape index (κ2) is 9.97. The molecular formula is C19H19BrCl2N2O3. The van der Waals surface area contributed by atoms with Gasteiger partial charge in [0.25, 0.3) is 5.91 Å². The van der Waals surface area contributed by atoms with Gasteiger partial charge in [-0.3, -0.25) is 9.59 Å². The average molecular weight is 474 g/mol. The van der Waals surface area contributed by atoms with E-state index in [1.165, 1.54) is 11.9 Å². The van der Waals surface area contributed by atoms with E-state index >= 15 is 0 Å². The van der Waals surface area contributed by atoms with Crippen molar-refractivity contribution in [3.05, 3.63) is 62.5 Å². The Morgan fingerprint density at radius 1 is 1.19 bits per heavy atom. The van der Waals surface area contributed by atoms with Gasteiger partial charge in [0.15, 0.2) is 6.61 Å². The minimum atomic E-state index is -0.692. The lowest BCUT2D eigenvalue weighted by molar-refractivity contribution is -0.142. The van der Waals surface area contributed by atoms with Crippen molar-refractivity contribution in [3.63, 3.8) is 0 Å². The summed E-state index contributed by atoms with van der Waals surface area (Å²) in [5, 5.41) is 3.46. The van der Waals surface area contributed by atoms with Crippen LogP contribution >= 0.6 is 39.1 Å². The molecule has 0 saturated carbocycles. The topological polar surface area (TPSA) is 58.6 Å². The normalized spacial score (nSPS) is 11.6. The number of carbonyl (C=O) groups is 2. The molecule has 2 aromatic carbocycles. The van der Waals surface area contributed by atoms with Crippen molar-refractivity contribution in [2.75, 3.05) is 13.7 Å². The molecule has 2 amide bonds. The molecule has 1 atom stereocenters. The van der Waals surface area contributed by atoms with Crippen LogP contribution in [0.25, 0.3) is 0 Å². The van der Waals surface area contributed by atoms with Crippen LogP contribution in [0.15, 0.2) is 46.9 Å². The van der Waals surface area contributed by atoms with Crippen molar-refractivity contribution in [2.45, 2.75) is 19.5 Å². The molecule has 1 unspecified atom stereocenters. The Bertz CT molecular complexity index is 832. The largest absolute Gasteiger partial charge is 0.482 e. The van der Waals surface area contributed by atoms with Crippen LogP contribution in [0.1, 0.15) is 12.5 Å². The summed E-state index contributed by atoms with van der Waals surface area (Å²) in [5.74, 6) is -0.249. The third-order valence-electron chi connectivity index (χ3n) is 3.96. The summed E-state index contributed by atoms with van der Waals surface area (Å²) in [7, 11) is 1.52. The number of nitrogens with zero attached hydrogens (tertiary/aromatic N) is 1. The van der Waals surface area contributed by atoms with Gasteiger partial charge < -0.3 is 15.0 Å². The number of carbonyl (C=O) groups excluding carboxylic acids is 2. The van der Waals surface area contributed by atoms with Crippen molar-refractivity contribution < 1.29 is 14.3 Å². The zero-order chi connectivity index (χ0) is 20.0. The predicted octanol–water partition coefficient (Wildman–Crippen LogP) is 4.30. The maximum Gasteiger partial charge on any atom is 0.261 e. The van der Waals surface area contributed by atoms with E-state index < -0.39 is 6.04 Å². The molecular weight excluding hydrogens is 455 g/mol. The minimum absolute atomic E-state index is 0.185. The van der Waals surface area contributed by atoms with E-state index in [0.29, 0.717) is 15.8 Å². The SMILES string of the molecule is CNC(=O)C(C)N(Cc1ccccc1Cl)C(=O)COc1ccc(Br)cc1Cl. The van der Waals surface area contributed by atoms with Crippen LogP contribution in [-0.2, 0) is 16.1 Å². The average Bonchev–Trinajstić information content (AvgIpc) is 2.65. The van der Waals surface area contributed by atoms with Crippen molar-refractivity contribution in [1.82, 2.24) is 10.2 Å². The molecule has 2 aromatic rings. The Morgan fingerprint density at radius 2 is 1.89 bits per heavy atom. The van der Waals surface area contributed by atoms with E-state index in [-0.39, 0.29) is 25.0 Å². The van der Waals surface area contributed by atoms with Crippen molar-refractivity contribution in [3.8, 4) is 5.75 Å². The first-order valence-electron chi connectivity index (χ1n) is 8.15. The van der Waals surface area contributed by atoms with Crippen molar-refractivity contribution in [1.29, 1.82) is 0 Å². The highest BCUT2D eigenvalue weighted by Gasteiger charge is 2.26. The molecule has 5 nitrogen and oxygen atoms in total. The fourth-order valence-corrected chi connectivity index (χ4v) is 3.34. The molecule has 0 saturated heterocycles. The molecule has 0 bridgehead atoms. The van der Waals surface area contributed by atoms with Crippen LogP contribution in [0.4, 0.5) is 0 Å². The van der Waals surface area contributed by atoms with Gasteiger partial charge >= 0.3 is 0 Å². The van der Waals surface area contributed by atoms with Gasteiger partial charge in [-0.1, -0.05) is 57.3 Å². The fourth-order valence-electron chi connectivity index (χ4n) is 2.42. The lowest BCUT2D eigenvalue weighted by Gasteiger charge is -2.28. The molecule has 27 heavy (non-hydrogen) atoms. The van der Waals surface area contributed by atoms with Gasteiger partial charge in [-0.25, -0.2) is 0 Å². The highest BCUT2D eigenvalue weighted by Crippen LogP contribution is 2.28. The fraction of sp³-hybridized carbons (Fsp3) is 0.263. The highest BCUT2D eigenvalue weighted by atomic mass is 79.9. The lowest BCUT2D eigenvalue weighted by atomic mass is 10.1. The molecule has 8 heteroatoms. The van der Waals surface area contributed by atoms with Gasteiger partial charge in [-0.2, -0.15) is 0 Å². The van der Waals surface area contributed by atoms with Crippen LogP contribution in [0.3, 0.4) is 0 Å². The zero-order valence-corrected chi connectivity index (χ0v) is 17.9. The van der Waals surface area contributed by atoms with Crippen molar-refractivity contribution in [2.24, 2.45) is 0 Å². The van der Waals surface area contributed by atoms with Crippen molar-refractivity contribution >= 4 is 50.9 Å². The monoisotopic (exact) mass is 472 g/mol. The van der Waals surface area contributed by atoms with Gasteiger partial charge in [-0.15, -0.1) is 0 Å². The second-order valence-electron chi connectivity index (χ2n) is 5.77. The van der Waals surface area contributed by atoms with Gasteiger partial charge in [0, 0.05) is 23.1 Å². The molecule has 0 radical (unpaired) electrons. The van der Waals surface area contributed by atoms with E-state index in [0.717, 1.165) is 10.0 Å². The molecule has 0 aliphatic heterocycles. The van der Waals surface area contributed by atoms with Crippen LogP contribution in [0.5, 0.6) is 5.75 Å². The molecule has 1 N–H and O–H groups in total. The molecule has 2 rings (SSSR count). The molecule has 144 valence electrons. The number of ether oxygens (including phenoxy) is 1. The number of hydrogen-bond acceptors (Lipinski definition) is 3. The maximum atomic E-state index is 12.8. The zero-order valence-electron chi connectivity index (χ0n) is 14.8. The smallest absolute Gasteiger partial charge is 0.261 e. The number of benzene rings is 2. The number of nitrogens with one attached hydrogen (secondary N) is 1. The van der Waals surface area contributed by atoms with Crippen LogP contribution in [0.2, 0.25) is 10.0 Å². The van der Waals surface area contributed by atoms with E-state index in [1.807, 2.05) is 12.1 Å². The van der Waals surface area contributed by atoms with Gasteiger partial charge in [0.2, 0.25) is 5.91 Å². The van der Waals surface area contributed by atoms with Gasteiger partial charge in [0.05, 0.1) is 5.02 Å². The Labute approximate surface area is 176 Å². The highest BCUT2D eigenvalue weighted by molar-refractivity contribution is 9.10. The first-order chi connectivity index (χ1) is 12.8. The maximum absolute atomic E-state index is 12.8. The summed E-state index contributed by atoms with van der Waals surface area (Å²) < 4.78 is 6.36. The van der Waals surface area contributed by atoms with Crippen LogP contribution in [0, 0.1) is 0 Å². The first kappa shape index (κ1) is 21.5. The molecule has 0 spiro atoms. The quantitative estimate of drug-likeness (QED) is 0.652. The number of rotatable bonds is 7. The molecule has 0 heterocycles. The predicted molar refractivity (Wildman–Crippen MR) is 110 cm³/mol. The van der Waals surface area contributed by atoms with E-state index in [2.05, 4.69) is 21.2 Å². The van der Waals surface area contributed by atoms with Gasteiger partial charge in [-0.05, 0) is 36.8 Å². The summed E-state index contributed by atoms with van der Waals surface area (Å²) in [6.07, 6.45) is 0. The Balaban J connectivity index is 2.17. The van der Waals surface area contributed by atoms with E-state index in [4.69, 9.17) is 27.9 Å². The Hall–Kier alpha value is -1.76. The number of hydrogen-bond donors (Lipinski definition) is 1.